The van der Waals surface area contributed by atoms with Crippen molar-refractivity contribution in [1.82, 2.24) is 20.2 Å². The van der Waals surface area contributed by atoms with E-state index in [0.717, 1.165) is 24.5 Å². The molecule has 1 aromatic carbocycles. The molecule has 0 aliphatic heterocycles. The van der Waals surface area contributed by atoms with E-state index in [9.17, 15) is 4.39 Å². The minimum atomic E-state index is -0.270. The van der Waals surface area contributed by atoms with Crippen LogP contribution < -0.4 is 10.6 Å². The van der Waals surface area contributed by atoms with Crippen LogP contribution in [-0.2, 0) is 6.54 Å². The van der Waals surface area contributed by atoms with E-state index in [1.165, 1.54) is 18.9 Å². The molecule has 0 atom stereocenters. The molecule has 0 saturated heterocycles. The van der Waals surface area contributed by atoms with Gasteiger partial charge in [-0.05, 0) is 24.1 Å². The van der Waals surface area contributed by atoms with Crippen LogP contribution in [0.1, 0.15) is 31.7 Å². The Hall–Kier alpha value is -1.64. The van der Waals surface area contributed by atoms with Crippen molar-refractivity contribution in [3.8, 4) is 5.69 Å². The fourth-order valence-electron chi connectivity index (χ4n) is 2.26. The van der Waals surface area contributed by atoms with Crippen molar-refractivity contribution in [1.29, 1.82) is 0 Å². The lowest BCUT2D eigenvalue weighted by molar-refractivity contribution is 0.614. The Kier molecular flexibility index (Phi) is 9.36. The molecule has 0 aliphatic carbocycles. The Labute approximate surface area is 159 Å². The number of imidazole rings is 1. The van der Waals surface area contributed by atoms with Crippen molar-refractivity contribution in [2.24, 2.45) is 4.99 Å². The summed E-state index contributed by atoms with van der Waals surface area (Å²) in [7, 11) is 1.73. The van der Waals surface area contributed by atoms with Crippen molar-refractivity contribution in [2.45, 2.75) is 32.7 Å². The van der Waals surface area contributed by atoms with E-state index in [2.05, 4.69) is 27.5 Å². The number of guanidine groups is 1. The van der Waals surface area contributed by atoms with Gasteiger partial charge in [-0.25, -0.2) is 9.37 Å². The van der Waals surface area contributed by atoms with Crippen LogP contribution in [0.2, 0.25) is 0 Å². The molecule has 1 heterocycles. The summed E-state index contributed by atoms with van der Waals surface area (Å²) in [5, 5.41) is 6.45. The number of aromatic nitrogens is 2. The zero-order valence-corrected chi connectivity index (χ0v) is 16.5. The van der Waals surface area contributed by atoms with Crippen LogP contribution in [0.3, 0.4) is 0 Å². The van der Waals surface area contributed by atoms with Gasteiger partial charge in [0, 0.05) is 32.5 Å². The molecule has 0 saturated carbocycles. The molecule has 1 aromatic heterocycles. The van der Waals surface area contributed by atoms with E-state index in [1.807, 2.05) is 6.07 Å². The largest absolute Gasteiger partial charge is 0.356 e. The molecule has 0 radical (unpaired) electrons. The van der Waals surface area contributed by atoms with E-state index >= 15 is 0 Å². The Morgan fingerprint density at radius 1 is 1.29 bits per heavy atom. The molecule has 132 valence electrons. The molecule has 0 spiro atoms. The first-order chi connectivity index (χ1) is 11.2. The number of benzene rings is 1. The lowest BCUT2D eigenvalue weighted by atomic mass is 10.2. The average Bonchev–Trinajstić information content (AvgIpc) is 3.08. The topological polar surface area (TPSA) is 54.2 Å². The molecule has 0 bridgehead atoms. The standard InChI is InChI=1S/C17H24FN5.HI/c1-3-4-5-8-21-17(19-2)22-12-14-6-7-16(15(18)11-14)23-10-9-20-13-23;/h6-7,9-11,13H,3-5,8,12H2,1-2H3,(H2,19,21,22);1H. The number of rotatable bonds is 7. The van der Waals surface area contributed by atoms with Gasteiger partial charge in [0.05, 0.1) is 12.0 Å². The van der Waals surface area contributed by atoms with Gasteiger partial charge in [0.1, 0.15) is 5.82 Å². The van der Waals surface area contributed by atoms with Gasteiger partial charge in [0.15, 0.2) is 5.96 Å². The number of unbranched alkanes of at least 4 members (excludes halogenated alkanes) is 2. The predicted octanol–water partition coefficient (Wildman–Crippen LogP) is 3.48. The summed E-state index contributed by atoms with van der Waals surface area (Å²) in [5.41, 5.74) is 1.36. The van der Waals surface area contributed by atoms with Gasteiger partial charge in [-0.2, -0.15) is 0 Å². The van der Waals surface area contributed by atoms with Gasteiger partial charge in [-0.15, -0.1) is 24.0 Å². The van der Waals surface area contributed by atoms with Crippen LogP contribution in [0.15, 0.2) is 41.9 Å². The van der Waals surface area contributed by atoms with Crippen LogP contribution >= 0.6 is 24.0 Å². The number of hydrogen-bond acceptors (Lipinski definition) is 2. The van der Waals surface area contributed by atoms with E-state index < -0.39 is 0 Å². The van der Waals surface area contributed by atoms with Gasteiger partial charge >= 0.3 is 0 Å². The highest BCUT2D eigenvalue weighted by atomic mass is 127. The number of halogens is 2. The summed E-state index contributed by atoms with van der Waals surface area (Å²) in [4.78, 5) is 8.10. The maximum Gasteiger partial charge on any atom is 0.191 e. The second-order valence-corrected chi connectivity index (χ2v) is 5.32. The molecule has 0 fully saturated rings. The Morgan fingerprint density at radius 2 is 2.12 bits per heavy atom. The zero-order valence-electron chi connectivity index (χ0n) is 14.1. The summed E-state index contributed by atoms with van der Waals surface area (Å²) in [5.74, 6) is 0.466. The summed E-state index contributed by atoms with van der Waals surface area (Å²) >= 11 is 0. The second-order valence-electron chi connectivity index (χ2n) is 5.32. The van der Waals surface area contributed by atoms with Gasteiger partial charge in [-0.1, -0.05) is 25.8 Å². The monoisotopic (exact) mass is 445 g/mol. The lowest BCUT2D eigenvalue weighted by Crippen LogP contribution is -2.37. The number of aliphatic imine (C=N–C) groups is 1. The third-order valence-corrected chi connectivity index (χ3v) is 3.55. The fourth-order valence-corrected chi connectivity index (χ4v) is 2.26. The lowest BCUT2D eigenvalue weighted by Gasteiger charge is -2.12. The predicted molar refractivity (Wildman–Crippen MR) is 107 cm³/mol. The SMILES string of the molecule is CCCCCNC(=NC)NCc1ccc(-n2ccnc2)c(F)c1.I. The van der Waals surface area contributed by atoms with Crippen LogP contribution in [0.5, 0.6) is 0 Å². The minimum Gasteiger partial charge on any atom is -0.356 e. The molecular weight excluding hydrogens is 420 g/mol. The first-order valence-electron chi connectivity index (χ1n) is 7.96. The normalized spacial score (nSPS) is 11.0. The molecule has 0 amide bonds. The first kappa shape index (κ1) is 20.4. The van der Waals surface area contributed by atoms with Crippen molar-refractivity contribution < 1.29 is 4.39 Å². The van der Waals surface area contributed by atoms with E-state index in [1.54, 1.807) is 36.4 Å². The summed E-state index contributed by atoms with van der Waals surface area (Å²) in [6, 6.07) is 5.19. The van der Waals surface area contributed by atoms with Crippen molar-refractivity contribution in [3.63, 3.8) is 0 Å². The van der Waals surface area contributed by atoms with E-state index in [4.69, 9.17) is 0 Å². The van der Waals surface area contributed by atoms with Crippen LogP contribution in [0.4, 0.5) is 4.39 Å². The molecule has 2 rings (SSSR count). The molecule has 0 unspecified atom stereocenters. The highest BCUT2D eigenvalue weighted by Crippen LogP contribution is 2.14. The Bertz CT molecular complexity index is 628. The van der Waals surface area contributed by atoms with Crippen LogP contribution in [-0.4, -0.2) is 29.1 Å². The molecule has 5 nitrogen and oxygen atoms in total. The van der Waals surface area contributed by atoms with Gasteiger partial charge < -0.3 is 15.2 Å². The molecule has 7 heteroatoms. The Morgan fingerprint density at radius 3 is 2.75 bits per heavy atom. The smallest absolute Gasteiger partial charge is 0.191 e. The number of hydrogen-bond donors (Lipinski definition) is 2. The van der Waals surface area contributed by atoms with Crippen molar-refractivity contribution in [3.05, 3.63) is 48.3 Å². The average molecular weight is 445 g/mol. The molecule has 24 heavy (non-hydrogen) atoms. The molecule has 2 aromatic rings. The van der Waals surface area contributed by atoms with Crippen molar-refractivity contribution >= 4 is 29.9 Å². The van der Waals surface area contributed by atoms with Crippen LogP contribution in [0, 0.1) is 5.82 Å². The van der Waals surface area contributed by atoms with E-state index in [-0.39, 0.29) is 29.8 Å². The van der Waals surface area contributed by atoms with Gasteiger partial charge in [0.2, 0.25) is 0 Å². The molecular formula is C17H25FIN5. The van der Waals surface area contributed by atoms with Crippen LogP contribution in [0.25, 0.3) is 5.69 Å². The van der Waals surface area contributed by atoms with Crippen molar-refractivity contribution in [2.75, 3.05) is 13.6 Å². The first-order valence-corrected chi connectivity index (χ1v) is 7.96. The highest BCUT2D eigenvalue weighted by molar-refractivity contribution is 14.0. The summed E-state index contributed by atoms with van der Waals surface area (Å²) in [6.45, 7) is 3.59. The maximum atomic E-state index is 14.2. The molecule has 0 aliphatic rings. The number of nitrogens with one attached hydrogen (secondary N) is 2. The maximum absolute atomic E-state index is 14.2. The third kappa shape index (κ3) is 6.10. The number of nitrogens with zero attached hydrogens (tertiary/aromatic N) is 3. The van der Waals surface area contributed by atoms with Gasteiger partial charge in [-0.3, -0.25) is 4.99 Å². The van der Waals surface area contributed by atoms with E-state index in [0.29, 0.717) is 12.2 Å². The summed E-state index contributed by atoms with van der Waals surface area (Å²) in [6.07, 6.45) is 8.44. The summed E-state index contributed by atoms with van der Waals surface area (Å²) < 4.78 is 15.8. The quantitative estimate of drug-likeness (QED) is 0.297. The zero-order chi connectivity index (χ0) is 16.5. The fraction of sp³-hybridized carbons (Fsp3) is 0.412. The third-order valence-electron chi connectivity index (χ3n) is 3.55. The minimum absolute atomic E-state index is 0. The molecule has 2 N–H and O–H groups in total. The van der Waals surface area contributed by atoms with Gasteiger partial charge in [0.25, 0.3) is 0 Å². The second kappa shape index (κ2) is 11.0. The highest BCUT2D eigenvalue weighted by Gasteiger charge is 2.06. The Balaban J connectivity index is 0.00000288.